The van der Waals surface area contributed by atoms with E-state index in [1.807, 2.05) is 0 Å². The van der Waals surface area contributed by atoms with Gasteiger partial charge in [0.25, 0.3) is 0 Å². The van der Waals surface area contributed by atoms with E-state index in [1.54, 1.807) is 0 Å². The average Bonchev–Trinajstić information content (AvgIpc) is 3.51. The molecule has 17 nitrogen and oxygen atoms in total. The quantitative estimate of drug-likeness (QED) is 0.0169. The highest BCUT2D eigenvalue weighted by Gasteiger charge is 2.30. The van der Waals surface area contributed by atoms with Crippen LogP contribution in [-0.4, -0.2) is 96.7 Å². The maximum absolute atomic E-state index is 13.0. The first-order chi connectivity index (χ1) is 41.2. The van der Waals surface area contributed by atoms with Gasteiger partial charge in [-0.2, -0.15) is 0 Å². The first kappa shape index (κ1) is 82.0. The van der Waals surface area contributed by atoms with Crippen molar-refractivity contribution < 1.29 is 80.2 Å². The Morgan fingerprint density at radius 2 is 0.541 bits per heavy atom. The predicted molar refractivity (Wildman–Crippen MR) is 340 cm³/mol. The van der Waals surface area contributed by atoms with Crippen molar-refractivity contribution in [3.05, 3.63) is 48.6 Å². The van der Waals surface area contributed by atoms with E-state index >= 15 is 0 Å². The van der Waals surface area contributed by atoms with Crippen LogP contribution >= 0.6 is 15.6 Å². The highest BCUT2D eigenvalue weighted by molar-refractivity contribution is 7.47. The second-order valence-electron chi connectivity index (χ2n) is 22.4. The Bertz CT molecular complexity index is 1820. The lowest BCUT2D eigenvalue weighted by Crippen LogP contribution is -2.30. The normalized spacial score (nSPS) is 14.5. The third kappa shape index (κ3) is 59.7. The van der Waals surface area contributed by atoms with Gasteiger partial charge in [-0.3, -0.25) is 37.3 Å². The van der Waals surface area contributed by atoms with Crippen LogP contribution in [-0.2, 0) is 65.4 Å². The van der Waals surface area contributed by atoms with E-state index in [0.29, 0.717) is 25.7 Å². The molecule has 496 valence electrons. The fraction of sp³-hybridized carbons (Fsp3) is 0.818. The summed E-state index contributed by atoms with van der Waals surface area (Å²) in [6, 6.07) is 0. The number of allylic oxidation sites excluding steroid dienone is 8. The Labute approximate surface area is 515 Å². The van der Waals surface area contributed by atoms with Gasteiger partial charge in [-0.1, -0.05) is 211 Å². The van der Waals surface area contributed by atoms with Crippen molar-refractivity contribution in [2.75, 3.05) is 39.6 Å². The molecule has 0 amide bonds. The molecule has 3 N–H and O–H groups in total. The van der Waals surface area contributed by atoms with Crippen LogP contribution in [0, 0.1) is 0 Å². The van der Waals surface area contributed by atoms with Gasteiger partial charge in [0, 0.05) is 25.7 Å². The molecule has 0 heterocycles. The number of rotatable bonds is 63. The molecule has 0 bridgehead atoms. The number of phosphoric ester groups is 2. The summed E-state index contributed by atoms with van der Waals surface area (Å²) < 4.78 is 68.0. The molecule has 85 heavy (non-hydrogen) atoms. The molecule has 3 unspecified atom stereocenters. The second-order valence-corrected chi connectivity index (χ2v) is 25.3. The number of hydrogen-bond acceptors (Lipinski definition) is 15. The van der Waals surface area contributed by atoms with Crippen molar-refractivity contribution in [3.8, 4) is 0 Å². The minimum absolute atomic E-state index is 0.0867. The van der Waals surface area contributed by atoms with E-state index in [9.17, 15) is 43.2 Å². The number of unbranched alkanes of at least 4 members (excludes halogenated alkanes) is 29. The minimum atomic E-state index is -4.96. The first-order valence-electron chi connectivity index (χ1n) is 33.4. The summed E-state index contributed by atoms with van der Waals surface area (Å²) in [6.07, 6.45) is 51.5. The number of ether oxygens (including phenoxy) is 4. The first-order valence-corrected chi connectivity index (χ1v) is 36.4. The van der Waals surface area contributed by atoms with Gasteiger partial charge in [-0.05, 0) is 103 Å². The summed E-state index contributed by atoms with van der Waals surface area (Å²) in [5, 5.41) is 10.5. The molecule has 0 saturated carbocycles. The summed E-state index contributed by atoms with van der Waals surface area (Å²) in [5.41, 5.74) is 0. The molecule has 0 aliphatic rings. The lowest BCUT2D eigenvalue weighted by molar-refractivity contribution is -0.161. The van der Waals surface area contributed by atoms with Crippen molar-refractivity contribution in [2.24, 2.45) is 0 Å². The van der Waals surface area contributed by atoms with E-state index in [0.717, 1.165) is 161 Å². The lowest BCUT2D eigenvalue weighted by atomic mass is 10.1. The summed E-state index contributed by atoms with van der Waals surface area (Å²) in [7, 11) is -9.91. The fourth-order valence-corrected chi connectivity index (χ4v) is 10.3. The van der Waals surface area contributed by atoms with Gasteiger partial charge in [0.15, 0.2) is 12.2 Å². The molecule has 0 aliphatic carbocycles. The highest BCUT2D eigenvalue weighted by Crippen LogP contribution is 2.45. The van der Waals surface area contributed by atoms with Gasteiger partial charge >= 0.3 is 39.5 Å². The SMILES string of the molecule is CCCC/C=C\CCCCCCCCC(=O)O[C@H](COC(=O)CCCCCCC/C=C\CCCC)COP(=O)(O)OCC(O)COP(=O)(O)OC[C@@H](COC(=O)CCCCCCC/C=C\CCCC)OC(=O)CCCCCCC/C=C\CCCC. The molecule has 0 aliphatic heterocycles. The second kappa shape index (κ2) is 60.0. The minimum Gasteiger partial charge on any atom is -0.462 e. The Kier molecular flexibility index (Phi) is 57.9. The summed E-state index contributed by atoms with van der Waals surface area (Å²) in [4.78, 5) is 72.2. The number of carbonyl (C=O) groups excluding carboxylic acids is 4. The molecule has 5 atom stereocenters. The Hall–Kier alpha value is -2.98. The van der Waals surface area contributed by atoms with Gasteiger partial charge in [0.05, 0.1) is 26.4 Å². The van der Waals surface area contributed by atoms with E-state index in [1.165, 1.54) is 51.4 Å². The topological polar surface area (TPSA) is 237 Å². The standard InChI is InChI=1S/C66H120O17P2/c1-5-9-13-17-21-25-29-33-37-41-45-49-53-66(71)83-62(57-77-64(69)51-47-43-39-35-31-27-23-19-15-11-7-3)59-81-85(74,75)79-55-60(67)54-78-84(72,73)80-58-61(82-65(70)52-48-44-40-36-32-28-24-20-16-12-8-4)56-76-63(68)50-46-42-38-34-30-26-22-18-14-10-6-2/h17-24,60-62,67H,5-16,25-59H2,1-4H3,(H,72,73)(H,74,75)/b21-17-,22-18-,23-19-,24-20-/t60?,61-,62-/m1/s1. The van der Waals surface area contributed by atoms with Crippen molar-refractivity contribution in [2.45, 2.75) is 309 Å². The van der Waals surface area contributed by atoms with Crippen LogP contribution in [0.5, 0.6) is 0 Å². The Morgan fingerprint density at radius 3 is 0.812 bits per heavy atom. The van der Waals surface area contributed by atoms with Crippen LogP contribution < -0.4 is 0 Å². The zero-order valence-electron chi connectivity index (χ0n) is 53.5. The average molecular weight is 1250 g/mol. The smallest absolute Gasteiger partial charge is 0.462 e. The van der Waals surface area contributed by atoms with Crippen molar-refractivity contribution in [1.82, 2.24) is 0 Å². The van der Waals surface area contributed by atoms with E-state index < -0.39 is 97.5 Å². The largest absolute Gasteiger partial charge is 0.472 e. The van der Waals surface area contributed by atoms with Crippen LogP contribution in [0.25, 0.3) is 0 Å². The monoisotopic (exact) mass is 1250 g/mol. The molecule has 19 heteroatoms. The maximum atomic E-state index is 13.0. The number of hydrogen-bond donors (Lipinski definition) is 3. The highest BCUT2D eigenvalue weighted by atomic mass is 31.2. The molecular formula is C66H120O17P2. The molecule has 0 aromatic rings. The Balaban J connectivity index is 5.30. The zero-order chi connectivity index (χ0) is 62.6. The summed E-state index contributed by atoms with van der Waals surface area (Å²) in [5.74, 6) is -2.20. The number of aliphatic hydroxyl groups excluding tert-OH is 1. The van der Waals surface area contributed by atoms with Crippen LogP contribution in [0.3, 0.4) is 0 Å². The van der Waals surface area contributed by atoms with Crippen LogP contribution in [0.1, 0.15) is 291 Å². The summed E-state index contributed by atoms with van der Waals surface area (Å²) in [6.45, 7) is 4.67. The number of phosphoric acid groups is 2. The van der Waals surface area contributed by atoms with E-state index in [4.69, 9.17) is 37.0 Å². The molecule has 0 aromatic carbocycles. The third-order valence-electron chi connectivity index (χ3n) is 14.0. The van der Waals surface area contributed by atoms with Crippen molar-refractivity contribution in [3.63, 3.8) is 0 Å². The van der Waals surface area contributed by atoms with Gasteiger partial charge in [0.2, 0.25) is 0 Å². The van der Waals surface area contributed by atoms with E-state index in [-0.39, 0.29) is 25.7 Å². The van der Waals surface area contributed by atoms with Crippen molar-refractivity contribution in [1.29, 1.82) is 0 Å². The van der Waals surface area contributed by atoms with E-state index in [2.05, 4.69) is 76.3 Å². The molecule has 0 spiro atoms. The maximum Gasteiger partial charge on any atom is 0.472 e. The molecular weight excluding hydrogens is 1130 g/mol. The third-order valence-corrected chi connectivity index (χ3v) is 15.9. The molecule has 0 fully saturated rings. The van der Waals surface area contributed by atoms with Crippen molar-refractivity contribution >= 4 is 39.5 Å². The lowest BCUT2D eigenvalue weighted by Gasteiger charge is -2.21. The Morgan fingerprint density at radius 1 is 0.318 bits per heavy atom. The number of esters is 4. The van der Waals surface area contributed by atoms with Crippen LogP contribution in [0.2, 0.25) is 0 Å². The van der Waals surface area contributed by atoms with Gasteiger partial charge in [-0.25, -0.2) is 9.13 Å². The molecule has 0 aromatic heterocycles. The van der Waals surface area contributed by atoms with Crippen LogP contribution in [0.15, 0.2) is 48.6 Å². The summed E-state index contributed by atoms with van der Waals surface area (Å²) >= 11 is 0. The molecule has 0 rings (SSSR count). The number of carbonyl (C=O) groups is 4. The van der Waals surface area contributed by atoms with Gasteiger partial charge in [0.1, 0.15) is 19.3 Å². The van der Waals surface area contributed by atoms with Gasteiger partial charge < -0.3 is 33.8 Å². The predicted octanol–water partition coefficient (Wildman–Crippen LogP) is 17.8. The number of aliphatic hydroxyl groups is 1. The van der Waals surface area contributed by atoms with Crippen LogP contribution in [0.4, 0.5) is 0 Å². The fourth-order valence-electron chi connectivity index (χ4n) is 8.73. The zero-order valence-corrected chi connectivity index (χ0v) is 55.3. The van der Waals surface area contributed by atoms with Gasteiger partial charge in [-0.15, -0.1) is 0 Å². The molecule has 0 radical (unpaired) electrons. The molecule has 0 saturated heterocycles.